The van der Waals surface area contributed by atoms with Gasteiger partial charge in [-0.05, 0) is 24.0 Å². The summed E-state index contributed by atoms with van der Waals surface area (Å²) >= 11 is 7.62. The molecule has 1 saturated heterocycles. The Balaban J connectivity index is 2.04. The molecule has 98 valence electrons. The quantitative estimate of drug-likeness (QED) is 0.816. The average Bonchev–Trinajstić information content (AvgIpc) is 2.29. The summed E-state index contributed by atoms with van der Waals surface area (Å²) in [5.74, 6) is 1.48. The van der Waals surface area contributed by atoms with Crippen molar-refractivity contribution in [2.75, 3.05) is 25.4 Å². The number of benzene rings is 1. The fourth-order valence-electron chi connectivity index (χ4n) is 1.79. The SMILES string of the molecule is CCSc1ccc(Cl)cc1C(=O)NCC1CNC1. The third-order valence-electron chi connectivity index (χ3n) is 2.90. The minimum absolute atomic E-state index is 0.0275. The molecule has 1 aliphatic rings. The summed E-state index contributed by atoms with van der Waals surface area (Å²) in [7, 11) is 0. The minimum Gasteiger partial charge on any atom is -0.352 e. The minimum atomic E-state index is -0.0275. The first-order valence-electron chi connectivity index (χ1n) is 6.12. The number of rotatable bonds is 5. The van der Waals surface area contributed by atoms with Gasteiger partial charge < -0.3 is 10.6 Å². The molecule has 1 amide bonds. The maximum Gasteiger partial charge on any atom is 0.252 e. The molecule has 0 bridgehead atoms. The normalized spacial score (nSPS) is 15.2. The van der Waals surface area contributed by atoms with Gasteiger partial charge >= 0.3 is 0 Å². The Bertz CT molecular complexity index is 435. The van der Waals surface area contributed by atoms with Crippen LogP contribution in [0, 0.1) is 5.92 Å². The highest BCUT2D eigenvalue weighted by Crippen LogP contribution is 2.25. The molecule has 0 atom stereocenters. The van der Waals surface area contributed by atoms with Crippen molar-refractivity contribution in [1.82, 2.24) is 10.6 Å². The Hall–Kier alpha value is -0.710. The van der Waals surface area contributed by atoms with Crippen LogP contribution in [0.15, 0.2) is 23.1 Å². The van der Waals surface area contributed by atoms with Gasteiger partial charge in [-0.3, -0.25) is 4.79 Å². The van der Waals surface area contributed by atoms with Crippen molar-refractivity contribution in [3.05, 3.63) is 28.8 Å². The lowest BCUT2D eigenvalue weighted by Gasteiger charge is -2.27. The maximum absolute atomic E-state index is 12.1. The van der Waals surface area contributed by atoms with E-state index in [9.17, 15) is 4.79 Å². The van der Waals surface area contributed by atoms with Gasteiger partial charge in [0.25, 0.3) is 5.91 Å². The highest BCUT2D eigenvalue weighted by atomic mass is 35.5. The zero-order valence-electron chi connectivity index (χ0n) is 10.3. The zero-order valence-corrected chi connectivity index (χ0v) is 11.9. The van der Waals surface area contributed by atoms with Gasteiger partial charge in [0.05, 0.1) is 5.56 Å². The van der Waals surface area contributed by atoms with E-state index in [0.29, 0.717) is 16.5 Å². The Morgan fingerprint density at radius 2 is 2.33 bits per heavy atom. The van der Waals surface area contributed by atoms with Gasteiger partial charge in [-0.25, -0.2) is 0 Å². The van der Waals surface area contributed by atoms with E-state index in [0.717, 1.165) is 30.3 Å². The first-order valence-corrected chi connectivity index (χ1v) is 7.48. The van der Waals surface area contributed by atoms with E-state index >= 15 is 0 Å². The van der Waals surface area contributed by atoms with Crippen molar-refractivity contribution in [2.24, 2.45) is 5.92 Å². The first-order chi connectivity index (χ1) is 8.70. The van der Waals surface area contributed by atoms with Crippen molar-refractivity contribution in [3.8, 4) is 0 Å². The molecule has 0 saturated carbocycles. The van der Waals surface area contributed by atoms with Crippen LogP contribution in [0.25, 0.3) is 0 Å². The average molecular weight is 285 g/mol. The van der Waals surface area contributed by atoms with Crippen molar-refractivity contribution in [1.29, 1.82) is 0 Å². The van der Waals surface area contributed by atoms with Crippen molar-refractivity contribution in [3.63, 3.8) is 0 Å². The van der Waals surface area contributed by atoms with Gasteiger partial charge in [0.2, 0.25) is 0 Å². The molecular formula is C13H17ClN2OS. The summed E-state index contributed by atoms with van der Waals surface area (Å²) in [6.07, 6.45) is 0. The zero-order chi connectivity index (χ0) is 13.0. The molecule has 1 fully saturated rings. The summed E-state index contributed by atoms with van der Waals surface area (Å²) in [4.78, 5) is 13.1. The first kappa shape index (κ1) is 13.7. The number of nitrogens with one attached hydrogen (secondary N) is 2. The van der Waals surface area contributed by atoms with Crippen LogP contribution in [0.1, 0.15) is 17.3 Å². The Kier molecular flexibility index (Phi) is 4.92. The lowest BCUT2D eigenvalue weighted by atomic mass is 10.0. The molecule has 3 nitrogen and oxygen atoms in total. The van der Waals surface area contributed by atoms with Crippen LogP contribution in [-0.4, -0.2) is 31.3 Å². The summed E-state index contributed by atoms with van der Waals surface area (Å²) in [5.41, 5.74) is 0.682. The number of hydrogen-bond donors (Lipinski definition) is 2. The van der Waals surface area contributed by atoms with Gasteiger partial charge in [-0.2, -0.15) is 0 Å². The molecule has 1 aromatic rings. The molecule has 2 N–H and O–H groups in total. The summed E-state index contributed by atoms with van der Waals surface area (Å²) < 4.78 is 0. The number of halogens is 1. The molecule has 0 aliphatic carbocycles. The van der Waals surface area contributed by atoms with E-state index in [1.807, 2.05) is 12.1 Å². The second kappa shape index (κ2) is 6.45. The van der Waals surface area contributed by atoms with E-state index in [1.54, 1.807) is 17.8 Å². The fourth-order valence-corrected chi connectivity index (χ4v) is 2.74. The lowest BCUT2D eigenvalue weighted by Crippen LogP contribution is -2.48. The van der Waals surface area contributed by atoms with Gasteiger partial charge in [-0.15, -0.1) is 11.8 Å². The third-order valence-corrected chi connectivity index (χ3v) is 4.09. The number of thioether (sulfide) groups is 1. The molecule has 1 aliphatic heterocycles. The second-order valence-corrected chi connectivity index (χ2v) is 6.05. The van der Waals surface area contributed by atoms with Crippen LogP contribution >= 0.6 is 23.4 Å². The molecule has 1 heterocycles. The van der Waals surface area contributed by atoms with E-state index in [4.69, 9.17) is 11.6 Å². The Morgan fingerprint density at radius 1 is 1.56 bits per heavy atom. The van der Waals surface area contributed by atoms with Crippen LogP contribution in [0.5, 0.6) is 0 Å². The van der Waals surface area contributed by atoms with Crippen molar-refractivity contribution >= 4 is 29.3 Å². The van der Waals surface area contributed by atoms with Gasteiger partial charge in [-0.1, -0.05) is 18.5 Å². The van der Waals surface area contributed by atoms with E-state index in [1.165, 1.54) is 0 Å². The topological polar surface area (TPSA) is 41.1 Å². The molecule has 0 spiro atoms. The summed E-state index contributed by atoms with van der Waals surface area (Å²) in [6, 6.07) is 5.48. The van der Waals surface area contributed by atoms with E-state index in [-0.39, 0.29) is 5.91 Å². The molecule has 0 radical (unpaired) electrons. The van der Waals surface area contributed by atoms with Gasteiger partial charge in [0.15, 0.2) is 0 Å². The molecule has 2 rings (SSSR count). The van der Waals surface area contributed by atoms with Crippen LogP contribution < -0.4 is 10.6 Å². The van der Waals surface area contributed by atoms with Crippen LogP contribution in [0.3, 0.4) is 0 Å². The number of carbonyl (C=O) groups excluding carboxylic acids is 1. The molecular weight excluding hydrogens is 268 g/mol. The van der Waals surface area contributed by atoms with Crippen molar-refractivity contribution in [2.45, 2.75) is 11.8 Å². The smallest absolute Gasteiger partial charge is 0.252 e. The molecule has 18 heavy (non-hydrogen) atoms. The Morgan fingerprint density at radius 3 is 2.94 bits per heavy atom. The maximum atomic E-state index is 12.1. The van der Waals surface area contributed by atoms with Gasteiger partial charge in [0, 0.05) is 35.5 Å². The predicted octanol–water partition coefficient (Wildman–Crippen LogP) is 2.40. The molecule has 1 aromatic carbocycles. The largest absolute Gasteiger partial charge is 0.352 e. The fraction of sp³-hybridized carbons (Fsp3) is 0.462. The molecule has 0 aromatic heterocycles. The monoisotopic (exact) mass is 284 g/mol. The van der Waals surface area contributed by atoms with E-state index < -0.39 is 0 Å². The summed E-state index contributed by atoms with van der Waals surface area (Å²) in [6.45, 7) is 4.79. The highest BCUT2D eigenvalue weighted by Gasteiger charge is 2.18. The van der Waals surface area contributed by atoms with Crippen LogP contribution in [0.4, 0.5) is 0 Å². The van der Waals surface area contributed by atoms with Crippen LogP contribution in [0.2, 0.25) is 5.02 Å². The van der Waals surface area contributed by atoms with Crippen LogP contribution in [-0.2, 0) is 0 Å². The standard InChI is InChI=1S/C13H17ClN2OS/c1-2-18-12-4-3-10(14)5-11(12)13(17)16-8-9-6-15-7-9/h3-5,9,15H,2,6-8H2,1H3,(H,16,17). The van der Waals surface area contributed by atoms with Crippen molar-refractivity contribution < 1.29 is 4.79 Å². The molecule has 5 heteroatoms. The second-order valence-electron chi connectivity index (χ2n) is 4.31. The predicted molar refractivity (Wildman–Crippen MR) is 76.5 cm³/mol. The lowest BCUT2D eigenvalue weighted by molar-refractivity contribution is 0.0939. The van der Waals surface area contributed by atoms with E-state index in [2.05, 4.69) is 17.6 Å². The summed E-state index contributed by atoms with van der Waals surface area (Å²) in [5, 5.41) is 6.77. The third kappa shape index (κ3) is 3.40. The molecule has 0 unspecified atom stereocenters. The number of hydrogen-bond acceptors (Lipinski definition) is 3. The van der Waals surface area contributed by atoms with Gasteiger partial charge in [0.1, 0.15) is 0 Å². The highest BCUT2D eigenvalue weighted by molar-refractivity contribution is 7.99. The number of amides is 1. The number of carbonyl (C=O) groups is 1. The Labute approximate surface area is 117 Å².